The second-order valence-corrected chi connectivity index (χ2v) is 7.72. The lowest BCUT2D eigenvalue weighted by Crippen LogP contribution is -2.37. The number of aliphatic carboxylic acids is 1. The van der Waals surface area contributed by atoms with E-state index in [0.717, 1.165) is 18.4 Å². The molecule has 0 radical (unpaired) electrons. The zero-order valence-electron chi connectivity index (χ0n) is 15.0. The van der Waals surface area contributed by atoms with E-state index in [1.807, 2.05) is 30.3 Å². The van der Waals surface area contributed by atoms with Crippen molar-refractivity contribution in [2.75, 3.05) is 13.1 Å². The zero-order valence-corrected chi connectivity index (χ0v) is 15.0. The molecule has 1 saturated carbocycles. The van der Waals surface area contributed by atoms with Crippen molar-refractivity contribution in [3.05, 3.63) is 71.5 Å². The van der Waals surface area contributed by atoms with E-state index in [9.17, 15) is 19.1 Å². The van der Waals surface area contributed by atoms with Gasteiger partial charge in [0.15, 0.2) is 0 Å². The normalized spacial score (nSPS) is 23.2. The zero-order chi connectivity index (χ0) is 19.0. The van der Waals surface area contributed by atoms with E-state index in [0.29, 0.717) is 18.5 Å². The van der Waals surface area contributed by atoms with Crippen molar-refractivity contribution < 1.29 is 19.1 Å². The molecular formula is C22H22FNO3. The number of benzene rings is 2. The van der Waals surface area contributed by atoms with Crippen LogP contribution >= 0.6 is 0 Å². The molecule has 4 rings (SSSR count). The van der Waals surface area contributed by atoms with Crippen LogP contribution in [-0.2, 0) is 16.0 Å². The van der Waals surface area contributed by atoms with E-state index in [1.165, 1.54) is 6.07 Å². The van der Waals surface area contributed by atoms with Crippen LogP contribution in [0.15, 0.2) is 54.6 Å². The summed E-state index contributed by atoms with van der Waals surface area (Å²) in [5.74, 6) is -2.02. The Kier molecular flexibility index (Phi) is 4.46. The number of halogens is 1. The number of carboxylic acid groups (broad SMARTS) is 1. The summed E-state index contributed by atoms with van der Waals surface area (Å²) in [6.45, 7) is 0.617. The van der Waals surface area contributed by atoms with Gasteiger partial charge in [-0.2, -0.15) is 0 Å². The Morgan fingerprint density at radius 2 is 1.70 bits per heavy atom. The lowest BCUT2D eigenvalue weighted by Gasteiger charge is -2.23. The molecule has 27 heavy (non-hydrogen) atoms. The summed E-state index contributed by atoms with van der Waals surface area (Å²) in [7, 11) is 0. The molecule has 1 aliphatic heterocycles. The lowest BCUT2D eigenvalue weighted by molar-refractivity contribution is -0.142. The van der Waals surface area contributed by atoms with Crippen molar-refractivity contribution in [1.82, 2.24) is 4.90 Å². The van der Waals surface area contributed by atoms with Gasteiger partial charge in [-0.3, -0.25) is 9.59 Å². The van der Waals surface area contributed by atoms with Gasteiger partial charge in [0.25, 0.3) is 0 Å². The van der Waals surface area contributed by atoms with Crippen LogP contribution in [0.25, 0.3) is 0 Å². The molecule has 4 nitrogen and oxygen atoms in total. The smallest absolute Gasteiger partial charge is 0.308 e. The Bertz CT molecular complexity index is 863. The monoisotopic (exact) mass is 367 g/mol. The third-order valence-corrected chi connectivity index (χ3v) is 5.95. The van der Waals surface area contributed by atoms with Crippen molar-refractivity contribution in [3.8, 4) is 0 Å². The van der Waals surface area contributed by atoms with E-state index in [2.05, 4.69) is 0 Å². The maximum absolute atomic E-state index is 14.0. The lowest BCUT2D eigenvalue weighted by atomic mass is 9.89. The van der Waals surface area contributed by atoms with Gasteiger partial charge in [0.2, 0.25) is 5.91 Å². The van der Waals surface area contributed by atoms with Gasteiger partial charge in [-0.05, 0) is 36.5 Å². The van der Waals surface area contributed by atoms with E-state index in [4.69, 9.17) is 0 Å². The number of carbonyl (C=O) groups is 2. The van der Waals surface area contributed by atoms with Gasteiger partial charge in [0.1, 0.15) is 5.82 Å². The highest BCUT2D eigenvalue weighted by atomic mass is 19.1. The molecule has 2 aromatic carbocycles. The van der Waals surface area contributed by atoms with Crippen molar-refractivity contribution in [2.45, 2.75) is 25.2 Å². The van der Waals surface area contributed by atoms with Gasteiger partial charge >= 0.3 is 5.97 Å². The summed E-state index contributed by atoms with van der Waals surface area (Å²) in [5.41, 5.74) is 0.924. The molecule has 2 atom stereocenters. The molecule has 0 bridgehead atoms. The predicted molar refractivity (Wildman–Crippen MR) is 98.7 cm³/mol. The summed E-state index contributed by atoms with van der Waals surface area (Å²) in [6.07, 6.45) is 1.83. The highest BCUT2D eigenvalue weighted by molar-refractivity contribution is 5.87. The first-order valence-electron chi connectivity index (χ1n) is 9.31. The van der Waals surface area contributed by atoms with Crippen molar-refractivity contribution >= 4 is 11.9 Å². The van der Waals surface area contributed by atoms with Gasteiger partial charge in [-0.25, -0.2) is 4.39 Å². The summed E-state index contributed by atoms with van der Waals surface area (Å²) >= 11 is 0. The van der Waals surface area contributed by atoms with Gasteiger partial charge in [0.05, 0.1) is 11.3 Å². The number of rotatable bonds is 5. The van der Waals surface area contributed by atoms with Crippen LogP contribution in [0.4, 0.5) is 4.39 Å². The van der Waals surface area contributed by atoms with Crippen LogP contribution in [-0.4, -0.2) is 35.0 Å². The van der Waals surface area contributed by atoms with Gasteiger partial charge in [-0.15, -0.1) is 0 Å². The minimum atomic E-state index is -0.877. The molecule has 0 aromatic heterocycles. The quantitative estimate of drug-likeness (QED) is 0.880. The third-order valence-electron chi connectivity index (χ3n) is 5.95. The summed E-state index contributed by atoms with van der Waals surface area (Å²) in [5, 5.41) is 9.65. The summed E-state index contributed by atoms with van der Waals surface area (Å²) in [4.78, 5) is 26.7. The Morgan fingerprint density at radius 3 is 2.33 bits per heavy atom. The Balaban J connectivity index is 1.54. The fourth-order valence-electron chi connectivity index (χ4n) is 4.22. The van der Waals surface area contributed by atoms with Crippen LogP contribution in [0.2, 0.25) is 0 Å². The van der Waals surface area contributed by atoms with Crippen LogP contribution < -0.4 is 0 Å². The SMILES string of the molecule is O=C(O)C1CN(C(=O)C2(Cc3ccccc3F)CC2)CC1c1ccccc1. The van der Waals surface area contributed by atoms with Crippen LogP contribution in [0.1, 0.15) is 29.9 Å². The molecule has 2 unspecified atom stereocenters. The molecule has 1 heterocycles. The number of nitrogens with zero attached hydrogens (tertiary/aromatic N) is 1. The van der Waals surface area contributed by atoms with Gasteiger partial charge < -0.3 is 10.0 Å². The molecule has 2 fully saturated rings. The number of likely N-dealkylation sites (tertiary alicyclic amines) is 1. The minimum absolute atomic E-state index is 0.0320. The maximum atomic E-state index is 14.0. The first kappa shape index (κ1) is 17.7. The topological polar surface area (TPSA) is 57.6 Å². The standard InChI is InChI=1S/C22H22FNO3/c23-19-9-5-4-8-16(19)12-22(10-11-22)21(27)24-13-17(18(14-24)20(25)26)15-6-2-1-3-7-15/h1-9,17-18H,10-14H2,(H,25,26). The number of hydrogen-bond donors (Lipinski definition) is 1. The molecule has 5 heteroatoms. The van der Waals surface area contributed by atoms with Crippen LogP contribution in [0.5, 0.6) is 0 Å². The third kappa shape index (κ3) is 3.34. The largest absolute Gasteiger partial charge is 0.481 e. The molecule has 0 spiro atoms. The highest BCUT2D eigenvalue weighted by Gasteiger charge is 2.54. The number of amides is 1. The fourth-order valence-corrected chi connectivity index (χ4v) is 4.22. The van der Waals surface area contributed by atoms with E-state index in [-0.39, 0.29) is 24.2 Å². The summed E-state index contributed by atoms with van der Waals surface area (Å²) in [6, 6.07) is 16.1. The van der Waals surface area contributed by atoms with Crippen molar-refractivity contribution in [3.63, 3.8) is 0 Å². The van der Waals surface area contributed by atoms with Crippen LogP contribution in [0.3, 0.4) is 0 Å². The summed E-state index contributed by atoms with van der Waals surface area (Å²) < 4.78 is 14.0. The van der Waals surface area contributed by atoms with E-state index in [1.54, 1.807) is 23.1 Å². The van der Waals surface area contributed by atoms with E-state index < -0.39 is 17.3 Å². The second kappa shape index (κ2) is 6.80. The molecule has 1 N–H and O–H groups in total. The minimum Gasteiger partial charge on any atom is -0.481 e. The average Bonchev–Trinajstić information content (AvgIpc) is 3.31. The second-order valence-electron chi connectivity index (χ2n) is 7.72. The number of carbonyl (C=O) groups excluding carboxylic acids is 1. The molecule has 2 aromatic rings. The van der Waals surface area contributed by atoms with Gasteiger partial charge in [-0.1, -0.05) is 48.5 Å². The van der Waals surface area contributed by atoms with Gasteiger partial charge in [0, 0.05) is 19.0 Å². The van der Waals surface area contributed by atoms with Crippen LogP contribution in [0, 0.1) is 17.2 Å². The number of carboxylic acids is 1. The van der Waals surface area contributed by atoms with Crippen molar-refractivity contribution in [1.29, 1.82) is 0 Å². The molecular weight excluding hydrogens is 345 g/mol. The first-order valence-corrected chi connectivity index (χ1v) is 9.31. The fraction of sp³-hybridized carbons (Fsp3) is 0.364. The Morgan fingerprint density at radius 1 is 1.04 bits per heavy atom. The first-order chi connectivity index (χ1) is 13.0. The maximum Gasteiger partial charge on any atom is 0.308 e. The predicted octanol–water partition coefficient (Wildman–Crippen LogP) is 3.48. The Hall–Kier alpha value is -2.69. The average molecular weight is 367 g/mol. The molecule has 1 saturated heterocycles. The highest BCUT2D eigenvalue weighted by Crippen LogP contribution is 2.51. The molecule has 1 aliphatic carbocycles. The molecule has 2 aliphatic rings. The number of hydrogen-bond acceptors (Lipinski definition) is 2. The van der Waals surface area contributed by atoms with Crippen molar-refractivity contribution in [2.24, 2.45) is 11.3 Å². The Labute approximate surface area is 157 Å². The van der Waals surface area contributed by atoms with E-state index >= 15 is 0 Å². The molecule has 140 valence electrons. The molecule has 1 amide bonds.